The molecule has 3 aliphatic rings. The minimum absolute atomic E-state index is 0.115. The molecule has 2 saturated carbocycles. The molecule has 0 bridgehead atoms. The number of rotatable bonds is 1. The minimum Gasteiger partial charge on any atom is -0.444 e. The fourth-order valence-corrected chi connectivity index (χ4v) is 4.16. The van der Waals surface area contributed by atoms with Crippen molar-refractivity contribution in [2.45, 2.75) is 77.7 Å². The van der Waals surface area contributed by atoms with Crippen LogP contribution in [0.1, 0.15) is 60.3 Å². The first-order valence-electron chi connectivity index (χ1n) is 8.83. The fourth-order valence-electron chi connectivity index (χ4n) is 4.16. The predicted molar refractivity (Wildman–Crippen MR) is 87.0 cm³/mol. The molecule has 0 radical (unpaired) electrons. The van der Waals surface area contributed by atoms with E-state index in [9.17, 15) is 4.79 Å². The lowest BCUT2D eigenvalue weighted by atomic mass is 9.94. The Kier molecular flexibility index (Phi) is 4.16. The van der Waals surface area contributed by atoms with Crippen LogP contribution in [0.2, 0.25) is 0 Å². The van der Waals surface area contributed by atoms with Crippen molar-refractivity contribution in [1.82, 2.24) is 5.32 Å². The third-order valence-corrected chi connectivity index (χ3v) is 5.16. The lowest BCUT2D eigenvalue weighted by Gasteiger charge is -2.42. The topological polar surface area (TPSA) is 56.8 Å². The van der Waals surface area contributed by atoms with Gasteiger partial charge in [0, 0.05) is 24.3 Å². The summed E-state index contributed by atoms with van der Waals surface area (Å²) in [7, 11) is 0. The highest BCUT2D eigenvalue weighted by Crippen LogP contribution is 2.52. The molecule has 132 valence electrons. The Morgan fingerprint density at radius 2 is 1.61 bits per heavy atom. The van der Waals surface area contributed by atoms with Crippen LogP contribution in [0, 0.1) is 17.3 Å². The molecule has 1 heterocycles. The number of alkyl carbamates (subject to hydrolysis) is 1. The van der Waals surface area contributed by atoms with Gasteiger partial charge in [-0.3, -0.25) is 0 Å². The summed E-state index contributed by atoms with van der Waals surface area (Å²) in [4.78, 5) is 11.9. The Hall–Kier alpha value is -0.810. The van der Waals surface area contributed by atoms with Gasteiger partial charge in [0.1, 0.15) is 5.60 Å². The SMILES string of the molecule is CC1(C)COC2(C[C@H]3C[C@H](NC(=O)OC(C)(C)C)C[C@H]3C2)OC1. The number of hydrogen-bond acceptors (Lipinski definition) is 4. The molecule has 2 aliphatic carbocycles. The molecule has 23 heavy (non-hydrogen) atoms. The molecular weight excluding hydrogens is 294 g/mol. The van der Waals surface area contributed by atoms with E-state index in [0.717, 1.165) is 38.9 Å². The van der Waals surface area contributed by atoms with Crippen molar-refractivity contribution >= 4 is 6.09 Å². The largest absolute Gasteiger partial charge is 0.444 e. The minimum atomic E-state index is -0.445. The zero-order valence-corrected chi connectivity index (χ0v) is 15.1. The second-order valence-corrected chi connectivity index (χ2v) is 9.40. The predicted octanol–water partition coefficient (Wildman–Crippen LogP) is 3.47. The van der Waals surface area contributed by atoms with E-state index in [4.69, 9.17) is 14.2 Å². The van der Waals surface area contributed by atoms with Gasteiger partial charge < -0.3 is 19.5 Å². The molecule has 0 unspecified atom stereocenters. The van der Waals surface area contributed by atoms with Gasteiger partial charge in [0.15, 0.2) is 5.79 Å². The van der Waals surface area contributed by atoms with Crippen molar-refractivity contribution < 1.29 is 19.0 Å². The molecule has 0 aromatic rings. The van der Waals surface area contributed by atoms with Gasteiger partial charge >= 0.3 is 6.09 Å². The summed E-state index contributed by atoms with van der Waals surface area (Å²) in [6.07, 6.45) is 3.62. The van der Waals surface area contributed by atoms with Crippen molar-refractivity contribution in [2.24, 2.45) is 17.3 Å². The maximum absolute atomic E-state index is 11.9. The number of carbonyl (C=O) groups excluding carboxylic acids is 1. The normalized spacial score (nSPS) is 35.1. The molecular formula is C18H31NO4. The van der Waals surface area contributed by atoms with E-state index in [2.05, 4.69) is 19.2 Å². The second-order valence-electron chi connectivity index (χ2n) is 9.40. The molecule has 1 N–H and O–H groups in total. The van der Waals surface area contributed by atoms with E-state index >= 15 is 0 Å². The van der Waals surface area contributed by atoms with Gasteiger partial charge in [0.05, 0.1) is 13.2 Å². The monoisotopic (exact) mass is 325 g/mol. The Balaban J connectivity index is 1.49. The van der Waals surface area contributed by atoms with Crippen molar-refractivity contribution in [3.63, 3.8) is 0 Å². The number of amides is 1. The van der Waals surface area contributed by atoms with Gasteiger partial charge in [-0.15, -0.1) is 0 Å². The quantitative estimate of drug-likeness (QED) is 0.802. The fraction of sp³-hybridized carbons (Fsp3) is 0.944. The Morgan fingerprint density at radius 3 is 2.09 bits per heavy atom. The van der Waals surface area contributed by atoms with E-state index in [-0.39, 0.29) is 23.3 Å². The summed E-state index contributed by atoms with van der Waals surface area (Å²) in [5.41, 5.74) is -0.330. The Morgan fingerprint density at radius 1 is 1.09 bits per heavy atom. The molecule has 5 heteroatoms. The van der Waals surface area contributed by atoms with Gasteiger partial charge in [-0.25, -0.2) is 4.79 Å². The zero-order chi connectivity index (χ0) is 16.9. The van der Waals surface area contributed by atoms with Gasteiger partial charge in [0.2, 0.25) is 0 Å². The van der Waals surface area contributed by atoms with Crippen LogP contribution in [-0.2, 0) is 14.2 Å². The van der Waals surface area contributed by atoms with E-state index in [1.807, 2.05) is 20.8 Å². The second kappa shape index (κ2) is 5.62. The van der Waals surface area contributed by atoms with Crippen LogP contribution >= 0.6 is 0 Å². The van der Waals surface area contributed by atoms with Crippen molar-refractivity contribution in [3.05, 3.63) is 0 Å². The Bertz CT molecular complexity index is 442. The number of ether oxygens (including phenoxy) is 3. The van der Waals surface area contributed by atoms with Crippen LogP contribution in [0.5, 0.6) is 0 Å². The smallest absolute Gasteiger partial charge is 0.407 e. The molecule has 1 aliphatic heterocycles. The molecule has 3 fully saturated rings. The number of fused-ring (bicyclic) bond motifs is 1. The summed E-state index contributed by atoms with van der Waals surface area (Å²) in [6, 6.07) is 0.220. The molecule has 1 amide bonds. The Labute approximate surface area is 139 Å². The first-order valence-corrected chi connectivity index (χ1v) is 8.83. The third kappa shape index (κ3) is 4.00. The van der Waals surface area contributed by atoms with Gasteiger partial charge in [-0.05, 0) is 45.4 Å². The first kappa shape index (κ1) is 17.0. The molecule has 1 spiro atoms. The maximum atomic E-state index is 11.9. The summed E-state index contributed by atoms with van der Waals surface area (Å²) in [5, 5.41) is 3.03. The lowest BCUT2D eigenvalue weighted by Crippen LogP contribution is -2.46. The van der Waals surface area contributed by atoms with Crippen molar-refractivity contribution in [1.29, 1.82) is 0 Å². The van der Waals surface area contributed by atoms with E-state index in [1.54, 1.807) is 0 Å². The summed E-state index contributed by atoms with van der Waals surface area (Å²) < 4.78 is 17.6. The van der Waals surface area contributed by atoms with Crippen LogP contribution in [0.15, 0.2) is 0 Å². The molecule has 3 rings (SSSR count). The summed E-state index contributed by atoms with van der Waals surface area (Å²) >= 11 is 0. The van der Waals surface area contributed by atoms with Gasteiger partial charge in [-0.2, -0.15) is 0 Å². The molecule has 1 saturated heterocycles. The van der Waals surface area contributed by atoms with Crippen LogP contribution in [0.3, 0.4) is 0 Å². The first-order chi connectivity index (χ1) is 10.6. The average molecular weight is 325 g/mol. The molecule has 0 aromatic carbocycles. The standard InChI is InChI=1S/C18H31NO4/c1-16(2,3)23-15(20)19-14-6-12-8-18(9-13(12)7-14)21-10-17(4,5)11-22-18/h12-14H,6-11H2,1-5H3,(H,19,20)/t12-,13+,14+. The molecule has 0 aromatic heterocycles. The molecule has 5 nitrogen and oxygen atoms in total. The van der Waals surface area contributed by atoms with Gasteiger partial charge in [-0.1, -0.05) is 13.8 Å². The summed E-state index contributed by atoms with van der Waals surface area (Å²) in [5.74, 6) is 0.800. The maximum Gasteiger partial charge on any atom is 0.407 e. The van der Waals surface area contributed by atoms with Crippen LogP contribution in [0.4, 0.5) is 4.79 Å². The van der Waals surface area contributed by atoms with Gasteiger partial charge in [0.25, 0.3) is 0 Å². The van der Waals surface area contributed by atoms with Crippen molar-refractivity contribution in [2.75, 3.05) is 13.2 Å². The number of hydrogen-bond donors (Lipinski definition) is 1. The highest BCUT2D eigenvalue weighted by Gasteiger charge is 2.53. The summed E-state index contributed by atoms with van der Waals surface area (Å²) in [6.45, 7) is 11.6. The lowest BCUT2D eigenvalue weighted by molar-refractivity contribution is -0.297. The highest BCUT2D eigenvalue weighted by molar-refractivity contribution is 5.68. The number of carbonyl (C=O) groups is 1. The highest BCUT2D eigenvalue weighted by atomic mass is 16.7. The zero-order valence-electron chi connectivity index (χ0n) is 15.1. The van der Waals surface area contributed by atoms with Crippen LogP contribution in [-0.4, -0.2) is 36.7 Å². The van der Waals surface area contributed by atoms with Crippen molar-refractivity contribution in [3.8, 4) is 0 Å². The third-order valence-electron chi connectivity index (χ3n) is 5.16. The van der Waals surface area contributed by atoms with E-state index in [1.165, 1.54) is 0 Å². The number of nitrogens with one attached hydrogen (secondary N) is 1. The van der Waals surface area contributed by atoms with E-state index in [0.29, 0.717) is 11.8 Å². The van der Waals surface area contributed by atoms with E-state index < -0.39 is 5.60 Å². The molecule has 3 atom stereocenters. The average Bonchev–Trinajstić information content (AvgIpc) is 2.86. The van der Waals surface area contributed by atoms with Crippen LogP contribution < -0.4 is 5.32 Å². The van der Waals surface area contributed by atoms with Crippen LogP contribution in [0.25, 0.3) is 0 Å².